The molecule has 0 spiro atoms. The second-order valence-corrected chi connectivity index (χ2v) is 10.5. The van der Waals surface area contributed by atoms with Gasteiger partial charge in [0.1, 0.15) is 6.54 Å². The Morgan fingerprint density at radius 1 is 0.917 bits per heavy atom. The molecule has 12 heteroatoms. The van der Waals surface area contributed by atoms with Crippen molar-refractivity contribution in [2.45, 2.75) is 11.4 Å². The highest BCUT2D eigenvalue weighted by Gasteiger charge is 2.26. The molecule has 0 aliphatic heterocycles. The molecule has 5 aromatic rings. The minimum atomic E-state index is -4.61. The Kier molecular flexibility index (Phi) is 5.95. The molecule has 1 amide bonds. The molecule has 36 heavy (non-hydrogen) atoms. The van der Waals surface area contributed by atoms with Crippen LogP contribution in [0.3, 0.4) is 0 Å². The number of H-pyrrole nitrogens is 1. The Hall–Kier alpha value is -3.86. The van der Waals surface area contributed by atoms with Crippen LogP contribution in [0.5, 0.6) is 0 Å². The number of amides is 1. The lowest BCUT2D eigenvalue weighted by Crippen LogP contribution is -2.45. The van der Waals surface area contributed by atoms with E-state index in [1.165, 1.54) is 42.5 Å². The van der Waals surface area contributed by atoms with Crippen LogP contribution in [0.2, 0.25) is 10.0 Å². The Bertz CT molecular complexity index is 1890. The van der Waals surface area contributed by atoms with Gasteiger partial charge in [0.25, 0.3) is 15.6 Å². The van der Waals surface area contributed by atoms with E-state index < -0.39 is 33.7 Å². The highest BCUT2D eigenvalue weighted by Crippen LogP contribution is 2.20. The van der Waals surface area contributed by atoms with Crippen LogP contribution < -0.4 is 16.6 Å². The molecule has 0 bridgehead atoms. The van der Waals surface area contributed by atoms with Gasteiger partial charge in [-0.2, -0.15) is 0 Å². The molecule has 0 saturated heterocycles. The van der Waals surface area contributed by atoms with Gasteiger partial charge in [-0.15, -0.1) is 3.97 Å². The van der Waals surface area contributed by atoms with E-state index in [9.17, 15) is 22.8 Å². The first kappa shape index (κ1) is 23.9. The van der Waals surface area contributed by atoms with Crippen molar-refractivity contribution < 1.29 is 13.2 Å². The van der Waals surface area contributed by atoms with Crippen LogP contribution in [-0.2, 0) is 21.4 Å². The van der Waals surface area contributed by atoms with Crippen molar-refractivity contribution in [3.63, 3.8) is 0 Å². The first-order valence-electron chi connectivity index (χ1n) is 10.5. The maximum atomic E-state index is 13.4. The van der Waals surface area contributed by atoms with Gasteiger partial charge >= 0.3 is 5.69 Å². The zero-order valence-corrected chi connectivity index (χ0v) is 20.6. The first-order chi connectivity index (χ1) is 17.1. The molecule has 0 aliphatic carbocycles. The smallest absolute Gasteiger partial charge is 0.346 e. The maximum Gasteiger partial charge on any atom is 0.346 e. The Morgan fingerprint density at radius 3 is 2.39 bits per heavy atom. The maximum absolute atomic E-state index is 13.4. The van der Waals surface area contributed by atoms with E-state index in [1.54, 1.807) is 24.4 Å². The molecule has 0 saturated carbocycles. The quantitative estimate of drug-likeness (QED) is 0.349. The minimum Gasteiger partial charge on any atom is -0.361 e. The number of carbonyl (C=O) groups is 1. The number of halogens is 2. The lowest BCUT2D eigenvalue weighted by atomic mass is 10.2. The lowest BCUT2D eigenvalue weighted by Gasteiger charge is -2.15. The monoisotopic (exact) mass is 542 g/mol. The Balaban J connectivity index is 1.63. The summed E-state index contributed by atoms with van der Waals surface area (Å²) in [6.07, 6.45) is 1.76. The number of nitrogens with one attached hydrogen (secondary N) is 2. The van der Waals surface area contributed by atoms with E-state index in [0.717, 1.165) is 15.5 Å². The van der Waals surface area contributed by atoms with E-state index in [0.29, 0.717) is 5.69 Å². The molecular formula is C24H16Cl2N4O5S. The lowest BCUT2D eigenvalue weighted by molar-refractivity contribution is -0.116. The van der Waals surface area contributed by atoms with Gasteiger partial charge in [0.05, 0.1) is 15.8 Å². The summed E-state index contributed by atoms with van der Waals surface area (Å²) in [6.45, 7) is -0.572. The predicted octanol–water partition coefficient (Wildman–Crippen LogP) is 3.83. The van der Waals surface area contributed by atoms with Crippen molar-refractivity contribution in [1.82, 2.24) is 13.5 Å². The van der Waals surface area contributed by atoms with Crippen molar-refractivity contribution >= 4 is 66.6 Å². The van der Waals surface area contributed by atoms with Crippen LogP contribution in [0.15, 0.2) is 87.4 Å². The van der Waals surface area contributed by atoms with Crippen molar-refractivity contribution in [2.24, 2.45) is 0 Å². The fourth-order valence-electron chi connectivity index (χ4n) is 3.87. The molecule has 2 N–H and O–H groups in total. The second-order valence-electron chi connectivity index (χ2n) is 7.89. The van der Waals surface area contributed by atoms with Crippen LogP contribution in [-0.4, -0.2) is 27.8 Å². The van der Waals surface area contributed by atoms with Gasteiger partial charge in [-0.1, -0.05) is 23.2 Å². The summed E-state index contributed by atoms with van der Waals surface area (Å²) in [5, 5.41) is 3.94. The molecule has 9 nitrogen and oxygen atoms in total. The molecule has 3 aromatic carbocycles. The number of fused-ring (bicyclic) bond motifs is 2. The highest BCUT2D eigenvalue weighted by atomic mass is 35.5. The summed E-state index contributed by atoms with van der Waals surface area (Å²) in [7, 11) is -4.61. The summed E-state index contributed by atoms with van der Waals surface area (Å²) >= 11 is 11.9. The second kappa shape index (κ2) is 8.98. The van der Waals surface area contributed by atoms with Gasteiger partial charge in [-0.05, 0) is 66.7 Å². The number of nitrogens with zero attached hydrogens (tertiary/aromatic N) is 2. The van der Waals surface area contributed by atoms with E-state index in [-0.39, 0.29) is 29.8 Å². The number of aromatic nitrogens is 3. The summed E-state index contributed by atoms with van der Waals surface area (Å²) in [4.78, 5) is 42.3. The van der Waals surface area contributed by atoms with Crippen molar-refractivity contribution in [3.8, 4) is 0 Å². The van der Waals surface area contributed by atoms with Crippen LogP contribution in [0, 0.1) is 0 Å². The largest absolute Gasteiger partial charge is 0.361 e. The van der Waals surface area contributed by atoms with Gasteiger partial charge in [0, 0.05) is 32.8 Å². The molecular weight excluding hydrogens is 527 g/mol. The van der Waals surface area contributed by atoms with Gasteiger partial charge in [0.15, 0.2) is 0 Å². The molecule has 2 aromatic heterocycles. The zero-order chi connectivity index (χ0) is 25.6. The number of benzene rings is 3. The number of carbonyl (C=O) groups excluding carboxylic acids is 1. The van der Waals surface area contributed by atoms with Crippen molar-refractivity contribution in [3.05, 3.63) is 104 Å². The fraction of sp³-hybridized carbons (Fsp3) is 0.0417. The van der Waals surface area contributed by atoms with E-state index in [2.05, 4.69) is 10.3 Å². The summed E-state index contributed by atoms with van der Waals surface area (Å²) in [5.74, 6) is -0.609. The number of hydrogen-bond acceptors (Lipinski definition) is 5. The van der Waals surface area contributed by atoms with E-state index in [4.69, 9.17) is 23.2 Å². The Labute approximate surface area is 213 Å². The van der Waals surface area contributed by atoms with Crippen LogP contribution in [0.1, 0.15) is 0 Å². The summed E-state index contributed by atoms with van der Waals surface area (Å²) < 4.78 is 27.7. The zero-order valence-electron chi connectivity index (χ0n) is 18.2. The predicted molar refractivity (Wildman–Crippen MR) is 138 cm³/mol. The molecule has 0 unspecified atom stereocenters. The number of aromatic amines is 1. The summed E-state index contributed by atoms with van der Waals surface area (Å²) in [5.41, 5.74) is -0.887. The number of anilines is 1. The highest BCUT2D eigenvalue weighted by molar-refractivity contribution is 7.90. The SMILES string of the molecule is O=C(Cn1c(=O)n(S(=O)(=O)c2ccc(Cl)cc2)c(=O)c2ccc(Cl)cc21)Nc1ccc2[nH]ccc2c1. The van der Waals surface area contributed by atoms with E-state index >= 15 is 0 Å². The summed E-state index contributed by atoms with van der Waals surface area (Å²) in [6, 6.07) is 16.1. The van der Waals surface area contributed by atoms with Crippen molar-refractivity contribution in [1.29, 1.82) is 0 Å². The third kappa shape index (κ3) is 4.19. The van der Waals surface area contributed by atoms with Gasteiger partial charge in [0.2, 0.25) is 5.91 Å². The van der Waals surface area contributed by atoms with Gasteiger partial charge < -0.3 is 10.3 Å². The third-order valence-corrected chi connectivity index (χ3v) is 7.72. The third-order valence-electron chi connectivity index (χ3n) is 5.56. The molecule has 182 valence electrons. The molecule has 2 heterocycles. The first-order valence-corrected chi connectivity index (χ1v) is 12.7. The fourth-order valence-corrected chi connectivity index (χ4v) is 5.47. The average Bonchev–Trinajstić information content (AvgIpc) is 3.30. The van der Waals surface area contributed by atoms with Gasteiger partial charge in [-0.25, -0.2) is 13.2 Å². The minimum absolute atomic E-state index is 0.0243. The molecule has 0 fully saturated rings. The molecule has 0 aliphatic rings. The van der Waals surface area contributed by atoms with Crippen molar-refractivity contribution in [2.75, 3.05) is 5.32 Å². The van der Waals surface area contributed by atoms with Crippen LogP contribution in [0.4, 0.5) is 5.69 Å². The number of hydrogen-bond donors (Lipinski definition) is 2. The molecule has 5 rings (SSSR count). The topological polar surface area (TPSA) is 123 Å². The van der Waals surface area contributed by atoms with Crippen LogP contribution >= 0.6 is 23.2 Å². The number of rotatable bonds is 5. The molecule has 0 radical (unpaired) electrons. The average molecular weight is 543 g/mol. The van der Waals surface area contributed by atoms with Crippen LogP contribution in [0.25, 0.3) is 21.8 Å². The Morgan fingerprint density at radius 2 is 1.64 bits per heavy atom. The van der Waals surface area contributed by atoms with Gasteiger partial charge in [-0.3, -0.25) is 14.2 Å². The standard InChI is InChI=1S/C24H16Cl2N4O5S/c25-15-1-5-18(6-2-15)36(34,35)30-23(32)19-7-3-16(26)12-21(19)29(24(30)33)13-22(31)28-17-4-8-20-14(11-17)9-10-27-20/h1-12,27H,13H2,(H,28,31). The van der Waals surface area contributed by atoms with E-state index in [1.807, 2.05) is 6.07 Å². The molecule has 0 atom stereocenters. The normalized spacial score (nSPS) is 11.7.